The molecule has 0 bridgehead atoms. The number of nitrogens with zero attached hydrogens (tertiary/aromatic N) is 3. The minimum Gasteiger partial charge on any atom is -0.300 e. The Morgan fingerprint density at radius 2 is 1.79 bits per heavy atom. The van der Waals surface area contributed by atoms with E-state index < -0.39 is 4.92 Å². The predicted molar refractivity (Wildman–Crippen MR) is 90.8 cm³/mol. The number of benzene rings is 2. The van der Waals surface area contributed by atoms with Gasteiger partial charge in [-0.05, 0) is 0 Å². The Labute approximate surface area is 141 Å². The van der Waals surface area contributed by atoms with Gasteiger partial charge in [-0.15, -0.1) is 10.2 Å². The standard InChI is InChI=1S/C16H12N4O3S/c21-14(10-12-8-4-5-9-13(12)20(22)23)17-16-19-18-15(24-16)11-6-2-1-3-7-11/h1-9H,10H2,(H,17,19,21). The van der Waals surface area contributed by atoms with Crippen LogP contribution in [-0.4, -0.2) is 21.0 Å². The van der Waals surface area contributed by atoms with E-state index in [-0.39, 0.29) is 18.0 Å². The quantitative estimate of drug-likeness (QED) is 0.567. The lowest BCUT2D eigenvalue weighted by atomic mass is 10.1. The molecule has 0 aliphatic carbocycles. The summed E-state index contributed by atoms with van der Waals surface area (Å²) in [4.78, 5) is 22.6. The molecule has 0 aliphatic heterocycles. The zero-order chi connectivity index (χ0) is 16.9. The number of nitrogens with one attached hydrogen (secondary N) is 1. The molecule has 0 radical (unpaired) electrons. The molecule has 1 aromatic heterocycles. The molecular formula is C16H12N4O3S. The van der Waals surface area contributed by atoms with Crippen LogP contribution in [0, 0.1) is 10.1 Å². The van der Waals surface area contributed by atoms with E-state index in [1.807, 2.05) is 30.3 Å². The van der Waals surface area contributed by atoms with Crippen molar-refractivity contribution in [1.29, 1.82) is 0 Å². The molecule has 120 valence electrons. The maximum absolute atomic E-state index is 12.1. The monoisotopic (exact) mass is 340 g/mol. The van der Waals surface area contributed by atoms with Crippen LogP contribution in [0.4, 0.5) is 10.8 Å². The summed E-state index contributed by atoms with van der Waals surface area (Å²) >= 11 is 1.25. The van der Waals surface area contributed by atoms with E-state index in [1.54, 1.807) is 18.2 Å². The highest BCUT2D eigenvalue weighted by atomic mass is 32.1. The van der Waals surface area contributed by atoms with Crippen molar-refractivity contribution < 1.29 is 9.72 Å². The molecule has 0 unspecified atom stereocenters. The van der Waals surface area contributed by atoms with Crippen LogP contribution in [0.1, 0.15) is 5.56 Å². The number of nitro benzene ring substituents is 1. The third-order valence-corrected chi connectivity index (χ3v) is 4.12. The van der Waals surface area contributed by atoms with Gasteiger partial charge < -0.3 is 5.32 Å². The summed E-state index contributed by atoms with van der Waals surface area (Å²) in [6.07, 6.45) is -0.0998. The number of hydrogen-bond acceptors (Lipinski definition) is 6. The van der Waals surface area contributed by atoms with E-state index in [9.17, 15) is 14.9 Å². The van der Waals surface area contributed by atoms with E-state index in [0.29, 0.717) is 15.7 Å². The third kappa shape index (κ3) is 3.61. The van der Waals surface area contributed by atoms with Crippen molar-refractivity contribution in [3.8, 4) is 10.6 Å². The summed E-state index contributed by atoms with van der Waals surface area (Å²) in [5.41, 5.74) is 1.19. The number of para-hydroxylation sites is 1. The van der Waals surface area contributed by atoms with Crippen molar-refractivity contribution in [2.45, 2.75) is 6.42 Å². The van der Waals surface area contributed by atoms with Gasteiger partial charge in [-0.2, -0.15) is 0 Å². The predicted octanol–water partition coefficient (Wildman–Crippen LogP) is 3.29. The van der Waals surface area contributed by atoms with Gasteiger partial charge in [0.2, 0.25) is 11.0 Å². The molecule has 8 heteroatoms. The third-order valence-electron chi connectivity index (χ3n) is 3.23. The van der Waals surface area contributed by atoms with Gasteiger partial charge in [-0.25, -0.2) is 0 Å². The fraction of sp³-hybridized carbons (Fsp3) is 0.0625. The van der Waals surface area contributed by atoms with Crippen molar-refractivity contribution in [3.63, 3.8) is 0 Å². The Balaban J connectivity index is 1.70. The summed E-state index contributed by atoms with van der Waals surface area (Å²) < 4.78 is 0. The summed E-state index contributed by atoms with van der Waals surface area (Å²) in [5, 5.41) is 22.6. The molecule has 0 saturated heterocycles. The minimum atomic E-state index is -0.499. The van der Waals surface area contributed by atoms with Crippen molar-refractivity contribution in [2.24, 2.45) is 0 Å². The molecule has 3 aromatic rings. The molecule has 1 heterocycles. The molecule has 0 spiro atoms. The number of aromatic nitrogens is 2. The van der Waals surface area contributed by atoms with Crippen molar-refractivity contribution in [3.05, 3.63) is 70.3 Å². The first-order valence-electron chi connectivity index (χ1n) is 7.04. The van der Waals surface area contributed by atoms with Gasteiger partial charge in [0.1, 0.15) is 5.01 Å². The van der Waals surface area contributed by atoms with Gasteiger partial charge in [0.05, 0.1) is 11.3 Å². The van der Waals surface area contributed by atoms with Crippen molar-refractivity contribution >= 4 is 28.1 Å². The van der Waals surface area contributed by atoms with Gasteiger partial charge in [0.25, 0.3) is 5.69 Å². The normalized spacial score (nSPS) is 10.3. The Kier molecular flexibility index (Phi) is 4.57. The van der Waals surface area contributed by atoms with Gasteiger partial charge in [0, 0.05) is 17.2 Å². The Bertz CT molecular complexity index is 880. The fourth-order valence-corrected chi connectivity index (χ4v) is 2.91. The zero-order valence-electron chi connectivity index (χ0n) is 12.4. The molecule has 0 aliphatic rings. The highest BCUT2D eigenvalue weighted by molar-refractivity contribution is 7.18. The second kappa shape index (κ2) is 6.97. The molecule has 24 heavy (non-hydrogen) atoms. The average Bonchev–Trinajstić information content (AvgIpc) is 3.04. The molecule has 2 aromatic carbocycles. The summed E-state index contributed by atoms with van der Waals surface area (Å²) in [7, 11) is 0. The molecule has 1 amide bonds. The van der Waals surface area contributed by atoms with Crippen LogP contribution < -0.4 is 5.32 Å². The van der Waals surface area contributed by atoms with Crippen LogP contribution in [0.3, 0.4) is 0 Å². The van der Waals surface area contributed by atoms with Crippen LogP contribution >= 0.6 is 11.3 Å². The highest BCUT2D eigenvalue weighted by Gasteiger charge is 2.16. The van der Waals surface area contributed by atoms with Crippen molar-refractivity contribution in [2.75, 3.05) is 5.32 Å². The van der Waals surface area contributed by atoms with E-state index in [0.717, 1.165) is 5.56 Å². The molecule has 0 fully saturated rings. The number of amides is 1. The smallest absolute Gasteiger partial charge is 0.273 e. The number of hydrogen-bond donors (Lipinski definition) is 1. The lowest BCUT2D eigenvalue weighted by Gasteiger charge is -2.02. The first-order valence-corrected chi connectivity index (χ1v) is 7.86. The molecule has 0 atom stereocenters. The SMILES string of the molecule is O=C(Cc1ccccc1[N+](=O)[O-])Nc1nnc(-c2ccccc2)s1. The van der Waals surface area contributed by atoms with Crippen LogP contribution in [0.2, 0.25) is 0 Å². The maximum Gasteiger partial charge on any atom is 0.273 e. The molecule has 0 saturated carbocycles. The second-order valence-corrected chi connectivity index (χ2v) is 5.87. The Hall–Kier alpha value is -3.13. The number of nitro groups is 1. The lowest BCUT2D eigenvalue weighted by molar-refractivity contribution is -0.385. The van der Waals surface area contributed by atoms with Gasteiger partial charge >= 0.3 is 0 Å². The number of anilines is 1. The van der Waals surface area contributed by atoms with E-state index in [4.69, 9.17) is 0 Å². The summed E-state index contributed by atoms with van der Waals surface area (Å²) in [5.74, 6) is -0.375. The topological polar surface area (TPSA) is 98.0 Å². The first kappa shape index (κ1) is 15.8. The lowest BCUT2D eigenvalue weighted by Crippen LogP contribution is -2.15. The number of carbonyl (C=O) groups is 1. The second-order valence-electron chi connectivity index (χ2n) is 4.89. The summed E-state index contributed by atoms with van der Waals surface area (Å²) in [6, 6.07) is 15.7. The van der Waals surface area contributed by atoms with Crippen LogP contribution in [-0.2, 0) is 11.2 Å². The molecular weight excluding hydrogens is 328 g/mol. The summed E-state index contributed by atoms with van der Waals surface area (Å²) in [6.45, 7) is 0. The van der Waals surface area contributed by atoms with Gasteiger partial charge in [-0.3, -0.25) is 14.9 Å². The molecule has 7 nitrogen and oxygen atoms in total. The first-order chi connectivity index (χ1) is 11.6. The Morgan fingerprint density at radius 3 is 2.54 bits per heavy atom. The average molecular weight is 340 g/mol. The van der Waals surface area contributed by atoms with Gasteiger partial charge in [-0.1, -0.05) is 59.9 Å². The number of carbonyl (C=O) groups excluding carboxylic acids is 1. The van der Waals surface area contributed by atoms with Crippen LogP contribution in [0.5, 0.6) is 0 Å². The highest BCUT2D eigenvalue weighted by Crippen LogP contribution is 2.26. The number of rotatable bonds is 5. The largest absolute Gasteiger partial charge is 0.300 e. The van der Waals surface area contributed by atoms with Crippen LogP contribution in [0.25, 0.3) is 10.6 Å². The maximum atomic E-state index is 12.1. The Morgan fingerprint density at radius 1 is 1.08 bits per heavy atom. The molecule has 1 N–H and O–H groups in total. The van der Waals surface area contributed by atoms with E-state index in [2.05, 4.69) is 15.5 Å². The van der Waals surface area contributed by atoms with Crippen LogP contribution in [0.15, 0.2) is 54.6 Å². The zero-order valence-corrected chi connectivity index (χ0v) is 13.2. The molecule has 3 rings (SSSR count). The van der Waals surface area contributed by atoms with Crippen molar-refractivity contribution in [1.82, 2.24) is 10.2 Å². The fourth-order valence-electron chi connectivity index (χ4n) is 2.15. The minimum absolute atomic E-state index is 0.0742. The van der Waals surface area contributed by atoms with E-state index >= 15 is 0 Å². The van der Waals surface area contributed by atoms with Gasteiger partial charge in [0.15, 0.2) is 0 Å². The van der Waals surface area contributed by atoms with E-state index in [1.165, 1.54) is 17.4 Å².